The summed E-state index contributed by atoms with van der Waals surface area (Å²) in [5.41, 5.74) is 4.15. The Balaban J connectivity index is 1.61. The summed E-state index contributed by atoms with van der Waals surface area (Å²) in [6, 6.07) is 23.9. The number of nitrogens with one attached hydrogen (secondary N) is 1. The summed E-state index contributed by atoms with van der Waals surface area (Å²) in [6.45, 7) is 1.94. The van der Waals surface area contributed by atoms with Crippen LogP contribution in [0.2, 0.25) is 0 Å². The monoisotopic (exact) mass is 394 g/mol. The second-order valence-corrected chi connectivity index (χ2v) is 6.73. The van der Waals surface area contributed by atoms with Gasteiger partial charge in [-0.25, -0.2) is 4.98 Å². The Hall–Kier alpha value is -2.46. The molecule has 1 atom stereocenters. The average Bonchev–Trinajstić information content (AvgIpc) is 2.63. The fourth-order valence-corrected chi connectivity index (χ4v) is 3.02. The van der Waals surface area contributed by atoms with Crippen LogP contribution in [-0.2, 0) is 11.2 Å². The Bertz CT molecular complexity index is 847. The average molecular weight is 395 g/mol. The molecule has 3 nitrogen and oxygen atoms in total. The molecule has 0 aliphatic carbocycles. The highest BCUT2D eigenvalue weighted by Crippen LogP contribution is 2.19. The van der Waals surface area contributed by atoms with Gasteiger partial charge in [-0.15, -0.1) is 0 Å². The first-order valence-corrected chi connectivity index (χ1v) is 8.97. The second-order valence-electron chi connectivity index (χ2n) is 5.91. The van der Waals surface area contributed by atoms with Crippen LogP contribution in [0.4, 0.5) is 0 Å². The van der Waals surface area contributed by atoms with Crippen LogP contribution in [0.15, 0.2) is 77.4 Å². The minimum Gasteiger partial charge on any atom is -0.348 e. The molecule has 0 saturated heterocycles. The first kappa shape index (κ1) is 17.4. The lowest BCUT2D eigenvalue weighted by molar-refractivity contribution is -0.121. The molecule has 1 heterocycles. The van der Waals surface area contributed by atoms with E-state index in [-0.39, 0.29) is 11.9 Å². The lowest BCUT2D eigenvalue weighted by Crippen LogP contribution is -2.28. The molecule has 0 fully saturated rings. The minimum absolute atomic E-state index is 0.0123. The van der Waals surface area contributed by atoms with Gasteiger partial charge < -0.3 is 5.32 Å². The Labute approximate surface area is 156 Å². The second kappa shape index (κ2) is 8.08. The fourth-order valence-electron chi connectivity index (χ4n) is 2.66. The molecule has 0 saturated carbocycles. The zero-order valence-corrected chi connectivity index (χ0v) is 15.5. The minimum atomic E-state index is -0.131. The van der Waals surface area contributed by atoms with E-state index in [1.807, 2.05) is 55.5 Å². The summed E-state index contributed by atoms with van der Waals surface area (Å²) in [4.78, 5) is 16.7. The van der Waals surface area contributed by atoms with E-state index in [9.17, 15) is 4.79 Å². The van der Waals surface area contributed by atoms with Crippen molar-refractivity contribution in [3.8, 4) is 11.1 Å². The van der Waals surface area contributed by atoms with E-state index in [0.29, 0.717) is 6.42 Å². The van der Waals surface area contributed by atoms with Crippen LogP contribution in [0, 0.1) is 0 Å². The molecule has 25 heavy (non-hydrogen) atoms. The Kier molecular flexibility index (Phi) is 5.61. The predicted octanol–water partition coefficient (Wildman–Crippen LogP) is 4.93. The molecule has 2 aromatic carbocycles. The molecule has 1 aromatic heterocycles. The molecular weight excluding hydrogens is 376 g/mol. The van der Waals surface area contributed by atoms with Crippen molar-refractivity contribution in [3.63, 3.8) is 0 Å². The third-order valence-electron chi connectivity index (χ3n) is 3.98. The van der Waals surface area contributed by atoms with Crippen molar-refractivity contribution in [1.29, 1.82) is 0 Å². The molecule has 1 N–H and O–H groups in total. The van der Waals surface area contributed by atoms with E-state index in [0.717, 1.165) is 21.4 Å². The molecular formula is C21H19BrN2O. The van der Waals surface area contributed by atoms with Gasteiger partial charge in [0.05, 0.1) is 18.2 Å². The topological polar surface area (TPSA) is 42.0 Å². The van der Waals surface area contributed by atoms with Gasteiger partial charge in [0.2, 0.25) is 5.91 Å². The highest BCUT2D eigenvalue weighted by atomic mass is 79.9. The molecule has 1 amide bonds. The molecule has 1 unspecified atom stereocenters. The number of hydrogen-bond donors (Lipinski definition) is 1. The van der Waals surface area contributed by atoms with E-state index in [4.69, 9.17) is 0 Å². The number of pyridine rings is 1. The Morgan fingerprint density at radius 2 is 1.64 bits per heavy atom. The number of carbonyl (C=O) groups excluding carboxylic acids is 1. The maximum absolute atomic E-state index is 12.3. The van der Waals surface area contributed by atoms with Crippen molar-refractivity contribution in [2.45, 2.75) is 19.4 Å². The molecule has 126 valence electrons. The zero-order valence-electron chi connectivity index (χ0n) is 13.9. The predicted molar refractivity (Wildman–Crippen MR) is 104 cm³/mol. The maximum atomic E-state index is 12.3. The van der Waals surface area contributed by atoms with Gasteiger partial charge in [-0.05, 0) is 51.7 Å². The van der Waals surface area contributed by atoms with Crippen LogP contribution in [0.1, 0.15) is 24.2 Å². The molecule has 0 aliphatic rings. The molecule has 4 heteroatoms. The smallest absolute Gasteiger partial charge is 0.224 e. The summed E-state index contributed by atoms with van der Waals surface area (Å²) >= 11 is 3.35. The molecule has 0 aliphatic heterocycles. The Morgan fingerprint density at radius 1 is 0.960 bits per heavy atom. The van der Waals surface area contributed by atoms with Gasteiger partial charge in [0, 0.05) is 0 Å². The lowest BCUT2D eigenvalue weighted by Gasteiger charge is -2.14. The number of nitrogens with zero attached hydrogens (tertiary/aromatic N) is 1. The van der Waals surface area contributed by atoms with Crippen LogP contribution in [0.25, 0.3) is 11.1 Å². The zero-order chi connectivity index (χ0) is 17.6. The number of halogens is 1. The van der Waals surface area contributed by atoms with E-state index >= 15 is 0 Å². The van der Waals surface area contributed by atoms with Gasteiger partial charge in [0.1, 0.15) is 4.60 Å². The number of carbonyl (C=O) groups is 1. The summed E-state index contributed by atoms with van der Waals surface area (Å²) in [6.07, 6.45) is 0.355. The SMILES string of the molecule is CC(NC(=O)Cc1ccc(-c2ccccc2)cc1)c1cccc(Br)n1. The lowest BCUT2D eigenvalue weighted by atomic mass is 10.0. The van der Waals surface area contributed by atoms with Gasteiger partial charge in [0.25, 0.3) is 0 Å². The highest BCUT2D eigenvalue weighted by molar-refractivity contribution is 9.10. The molecule has 0 radical (unpaired) electrons. The van der Waals surface area contributed by atoms with Gasteiger partial charge in [-0.3, -0.25) is 4.79 Å². The van der Waals surface area contributed by atoms with Crippen LogP contribution in [0.5, 0.6) is 0 Å². The highest BCUT2D eigenvalue weighted by Gasteiger charge is 2.11. The van der Waals surface area contributed by atoms with Crippen LogP contribution >= 0.6 is 15.9 Å². The standard InChI is InChI=1S/C21H19BrN2O/c1-15(19-8-5-9-20(22)24-19)23-21(25)14-16-10-12-18(13-11-16)17-6-3-2-4-7-17/h2-13,15H,14H2,1H3,(H,23,25). The summed E-state index contributed by atoms with van der Waals surface area (Å²) in [7, 11) is 0. The van der Waals surface area contributed by atoms with Crippen molar-refractivity contribution in [1.82, 2.24) is 10.3 Å². The largest absolute Gasteiger partial charge is 0.348 e. The van der Waals surface area contributed by atoms with Crippen LogP contribution in [-0.4, -0.2) is 10.9 Å². The van der Waals surface area contributed by atoms with Crippen molar-refractivity contribution in [2.75, 3.05) is 0 Å². The molecule has 0 bridgehead atoms. The van der Waals surface area contributed by atoms with Crippen molar-refractivity contribution in [3.05, 3.63) is 88.7 Å². The first-order chi connectivity index (χ1) is 12.1. The number of rotatable bonds is 5. The quantitative estimate of drug-likeness (QED) is 0.623. The van der Waals surface area contributed by atoms with E-state index in [1.165, 1.54) is 5.56 Å². The van der Waals surface area contributed by atoms with Crippen molar-refractivity contribution in [2.24, 2.45) is 0 Å². The molecule has 0 spiro atoms. The normalized spacial score (nSPS) is 11.8. The molecule has 3 rings (SSSR count). The van der Waals surface area contributed by atoms with Gasteiger partial charge >= 0.3 is 0 Å². The molecule has 3 aromatic rings. The van der Waals surface area contributed by atoms with Crippen LogP contribution in [0.3, 0.4) is 0 Å². The van der Waals surface area contributed by atoms with E-state index in [1.54, 1.807) is 0 Å². The van der Waals surface area contributed by atoms with Crippen molar-refractivity contribution >= 4 is 21.8 Å². The van der Waals surface area contributed by atoms with E-state index < -0.39 is 0 Å². The Morgan fingerprint density at radius 3 is 2.32 bits per heavy atom. The summed E-state index contributed by atoms with van der Waals surface area (Å²) in [5, 5.41) is 3.00. The van der Waals surface area contributed by atoms with E-state index in [2.05, 4.69) is 50.5 Å². The van der Waals surface area contributed by atoms with Gasteiger partial charge in [0.15, 0.2) is 0 Å². The third kappa shape index (κ3) is 4.77. The van der Waals surface area contributed by atoms with Gasteiger partial charge in [-0.1, -0.05) is 60.7 Å². The van der Waals surface area contributed by atoms with Crippen molar-refractivity contribution < 1.29 is 4.79 Å². The first-order valence-electron chi connectivity index (χ1n) is 8.18. The number of amides is 1. The number of benzene rings is 2. The third-order valence-corrected chi connectivity index (χ3v) is 4.43. The summed E-state index contributed by atoms with van der Waals surface area (Å²) in [5.74, 6) is -0.0123. The number of hydrogen-bond acceptors (Lipinski definition) is 2. The fraction of sp³-hybridized carbons (Fsp3) is 0.143. The summed E-state index contributed by atoms with van der Waals surface area (Å²) < 4.78 is 0.766. The van der Waals surface area contributed by atoms with Crippen LogP contribution < -0.4 is 5.32 Å². The number of aromatic nitrogens is 1. The maximum Gasteiger partial charge on any atom is 0.224 e. The van der Waals surface area contributed by atoms with Gasteiger partial charge in [-0.2, -0.15) is 0 Å².